The van der Waals surface area contributed by atoms with E-state index in [4.69, 9.17) is 9.84 Å². The van der Waals surface area contributed by atoms with E-state index in [1.165, 1.54) is 6.07 Å². The van der Waals surface area contributed by atoms with Crippen LogP contribution in [0.25, 0.3) is 0 Å². The average Bonchev–Trinajstić information content (AvgIpc) is 2.15. The van der Waals surface area contributed by atoms with Crippen LogP contribution >= 0.6 is 0 Å². The number of benzene rings is 1. The standard InChI is InChI=1S/C10H11FO3/c1-7(14-6-10(12)13)8-4-2-3-5-9(8)11/h2-5,7H,6H2,1H3,(H,12,13). The van der Waals surface area contributed by atoms with Crippen LogP contribution in [0, 0.1) is 5.82 Å². The highest BCUT2D eigenvalue weighted by molar-refractivity contribution is 5.68. The third kappa shape index (κ3) is 2.81. The first-order valence-electron chi connectivity index (χ1n) is 4.19. The number of carboxylic acid groups (broad SMARTS) is 1. The van der Waals surface area contributed by atoms with Gasteiger partial charge in [0.2, 0.25) is 0 Å². The second-order valence-electron chi connectivity index (χ2n) is 2.87. The van der Waals surface area contributed by atoms with E-state index in [9.17, 15) is 9.18 Å². The monoisotopic (exact) mass is 198 g/mol. The van der Waals surface area contributed by atoms with Crippen molar-refractivity contribution in [3.8, 4) is 0 Å². The van der Waals surface area contributed by atoms with E-state index in [0.29, 0.717) is 5.56 Å². The van der Waals surface area contributed by atoms with Crippen LogP contribution in [0.3, 0.4) is 0 Å². The Morgan fingerprint density at radius 1 is 1.57 bits per heavy atom. The van der Waals surface area contributed by atoms with Crippen LogP contribution in [0.4, 0.5) is 4.39 Å². The van der Waals surface area contributed by atoms with Crippen molar-refractivity contribution < 1.29 is 19.0 Å². The van der Waals surface area contributed by atoms with Gasteiger partial charge in [-0.3, -0.25) is 0 Å². The first-order chi connectivity index (χ1) is 6.61. The molecule has 0 bridgehead atoms. The molecule has 0 heterocycles. The molecule has 14 heavy (non-hydrogen) atoms. The number of carboxylic acids is 1. The molecule has 0 saturated carbocycles. The van der Waals surface area contributed by atoms with E-state index in [2.05, 4.69) is 0 Å². The zero-order valence-electron chi connectivity index (χ0n) is 7.74. The summed E-state index contributed by atoms with van der Waals surface area (Å²) in [6, 6.07) is 6.14. The molecular formula is C10H11FO3. The quantitative estimate of drug-likeness (QED) is 0.804. The van der Waals surface area contributed by atoms with Gasteiger partial charge in [-0.2, -0.15) is 0 Å². The number of carbonyl (C=O) groups is 1. The van der Waals surface area contributed by atoms with Gasteiger partial charge in [0.05, 0.1) is 6.10 Å². The number of hydrogen-bond donors (Lipinski definition) is 1. The van der Waals surface area contributed by atoms with Crippen LogP contribution in [-0.2, 0) is 9.53 Å². The highest BCUT2D eigenvalue weighted by Crippen LogP contribution is 2.19. The number of aliphatic carboxylic acids is 1. The average molecular weight is 198 g/mol. The molecule has 1 atom stereocenters. The first-order valence-corrected chi connectivity index (χ1v) is 4.19. The van der Waals surface area contributed by atoms with Gasteiger partial charge in [-0.1, -0.05) is 18.2 Å². The van der Waals surface area contributed by atoms with Crippen molar-refractivity contribution in [2.45, 2.75) is 13.0 Å². The Morgan fingerprint density at radius 3 is 2.79 bits per heavy atom. The smallest absolute Gasteiger partial charge is 0.329 e. The fourth-order valence-corrected chi connectivity index (χ4v) is 1.09. The van der Waals surface area contributed by atoms with E-state index in [-0.39, 0.29) is 5.82 Å². The molecule has 0 aliphatic heterocycles. The maximum absolute atomic E-state index is 13.1. The number of halogens is 1. The molecule has 0 aliphatic rings. The Balaban J connectivity index is 2.65. The molecule has 0 radical (unpaired) electrons. The molecule has 0 aromatic heterocycles. The molecule has 1 rings (SSSR count). The second-order valence-corrected chi connectivity index (χ2v) is 2.87. The third-order valence-electron chi connectivity index (χ3n) is 1.80. The summed E-state index contributed by atoms with van der Waals surface area (Å²) < 4.78 is 18.1. The summed E-state index contributed by atoms with van der Waals surface area (Å²) in [5, 5.41) is 8.36. The third-order valence-corrected chi connectivity index (χ3v) is 1.80. The normalized spacial score (nSPS) is 12.4. The summed E-state index contributed by atoms with van der Waals surface area (Å²) >= 11 is 0. The fraction of sp³-hybridized carbons (Fsp3) is 0.300. The van der Waals surface area contributed by atoms with Gasteiger partial charge in [-0.05, 0) is 13.0 Å². The molecule has 76 valence electrons. The summed E-state index contributed by atoms with van der Waals surface area (Å²) in [7, 11) is 0. The van der Waals surface area contributed by atoms with Gasteiger partial charge in [-0.15, -0.1) is 0 Å². The molecule has 1 unspecified atom stereocenters. The molecule has 0 spiro atoms. The highest BCUT2D eigenvalue weighted by Gasteiger charge is 2.11. The van der Waals surface area contributed by atoms with Crippen LogP contribution in [0.5, 0.6) is 0 Å². The van der Waals surface area contributed by atoms with E-state index < -0.39 is 18.7 Å². The summed E-state index contributed by atoms with van der Waals surface area (Å²) in [6.45, 7) is 1.19. The van der Waals surface area contributed by atoms with Crippen LogP contribution in [0.2, 0.25) is 0 Å². The lowest BCUT2D eigenvalue weighted by Crippen LogP contribution is -2.10. The summed E-state index contributed by atoms with van der Waals surface area (Å²) in [5.74, 6) is -1.45. The van der Waals surface area contributed by atoms with Crippen LogP contribution < -0.4 is 0 Å². The maximum Gasteiger partial charge on any atom is 0.329 e. The Morgan fingerprint density at radius 2 is 2.21 bits per heavy atom. The van der Waals surface area contributed by atoms with Gasteiger partial charge in [0.1, 0.15) is 12.4 Å². The van der Waals surface area contributed by atoms with Crippen molar-refractivity contribution in [3.63, 3.8) is 0 Å². The van der Waals surface area contributed by atoms with Crippen molar-refractivity contribution in [1.29, 1.82) is 0 Å². The topological polar surface area (TPSA) is 46.5 Å². The largest absolute Gasteiger partial charge is 0.480 e. The molecule has 1 N–H and O–H groups in total. The Labute approximate surface area is 81.1 Å². The lowest BCUT2D eigenvalue weighted by atomic mass is 10.1. The second kappa shape index (κ2) is 4.72. The Bertz CT molecular complexity index is 325. The Kier molecular flexibility index (Phi) is 3.59. The van der Waals surface area contributed by atoms with Gasteiger partial charge in [0.25, 0.3) is 0 Å². The van der Waals surface area contributed by atoms with E-state index >= 15 is 0 Å². The predicted molar refractivity (Wildman–Crippen MR) is 48.4 cm³/mol. The van der Waals surface area contributed by atoms with Gasteiger partial charge < -0.3 is 9.84 Å². The predicted octanol–water partition coefficient (Wildman–Crippen LogP) is 1.99. The zero-order chi connectivity index (χ0) is 10.6. The minimum atomic E-state index is -1.06. The fourth-order valence-electron chi connectivity index (χ4n) is 1.09. The van der Waals surface area contributed by atoms with Crippen molar-refractivity contribution in [2.75, 3.05) is 6.61 Å². The molecule has 4 heteroatoms. The molecule has 1 aromatic carbocycles. The molecule has 0 amide bonds. The highest BCUT2D eigenvalue weighted by atomic mass is 19.1. The number of rotatable bonds is 4. The van der Waals surface area contributed by atoms with E-state index in [0.717, 1.165) is 0 Å². The van der Waals surface area contributed by atoms with E-state index in [1.54, 1.807) is 25.1 Å². The SMILES string of the molecule is CC(OCC(=O)O)c1ccccc1F. The maximum atomic E-state index is 13.1. The van der Waals surface area contributed by atoms with E-state index in [1.807, 2.05) is 0 Å². The molecular weight excluding hydrogens is 187 g/mol. The van der Waals surface area contributed by atoms with Crippen molar-refractivity contribution in [3.05, 3.63) is 35.6 Å². The molecule has 0 saturated heterocycles. The van der Waals surface area contributed by atoms with Crippen LogP contribution in [-0.4, -0.2) is 17.7 Å². The molecule has 3 nitrogen and oxygen atoms in total. The van der Waals surface area contributed by atoms with Gasteiger partial charge in [-0.25, -0.2) is 9.18 Å². The minimum Gasteiger partial charge on any atom is -0.480 e. The van der Waals surface area contributed by atoms with Crippen molar-refractivity contribution in [1.82, 2.24) is 0 Å². The summed E-state index contributed by atoms with van der Waals surface area (Å²) in [5.41, 5.74) is 0.369. The van der Waals surface area contributed by atoms with Gasteiger partial charge in [0, 0.05) is 5.56 Å². The molecule has 1 aromatic rings. The first kappa shape index (κ1) is 10.7. The van der Waals surface area contributed by atoms with Crippen LogP contribution in [0.15, 0.2) is 24.3 Å². The van der Waals surface area contributed by atoms with Crippen molar-refractivity contribution in [2.24, 2.45) is 0 Å². The van der Waals surface area contributed by atoms with Crippen LogP contribution in [0.1, 0.15) is 18.6 Å². The molecule has 0 fully saturated rings. The zero-order valence-corrected chi connectivity index (χ0v) is 7.74. The minimum absolute atomic E-state index is 0.369. The lowest BCUT2D eigenvalue weighted by Gasteiger charge is -2.12. The van der Waals surface area contributed by atoms with Gasteiger partial charge in [0.15, 0.2) is 0 Å². The van der Waals surface area contributed by atoms with Crippen molar-refractivity contribution >= 4 is 5.97 Å². The number of ether oxygens (including phenoxy) is 1. The summed E-state index contributed by atoms with van der Waals surface area (Å²) in [4.78, 5) is 10.2. The number of hydrogen-bond acceptors (Lipinski definition) is 2. The lowest BCUT2D eigenvalue weighted by molar-refractivity contribution is -0.144. The van der Waals surface area contributed by atoms with Gasteiger partial charge >= 0.3 is 5.97 Å². The molecule has 0 aliphatic carbocycles. The Hall–Kier alpha value is -1.42. The summed E-state index contributed by atoms with van der Waals surface area (Å²) in [6.07, 6.45) is -0.549.